The molecule has 6 nitrogen and oxygen atoms in total. The molecule has 2 N–H and O–H groups in total. The van der Waals surface area contributed by atoms with Crippen molar-refractivity contribution in [1.82, 2.24) is 4.90 Å². The lowest BCUT2D eigenvalue weighted by Gasteiger charge is -2.33. The molecule has 0 atom stereocenters. The van der Waals surface area contributed by atoms with Crippen molar-refractivity contribution in [2.24, 2.45) is 5.73 Å². The van der Waals surface area contributed by atoms with Crippen LogP contribution in [0.1, 0.15) is 31.2 Å². The largest absolute Gasteiger partial charge is 0.490 e. The normalized spacial score (nSPS) is 22.3. The van der Waals surface area contributed by atoms with E-state index in [0.717, 1.165) is 31.2 Å². The predicted molar refractivity (Wildman–Crippen MR) is 81.3 cm³/mol. The molecule has 0 aliphatic heterocycles. The number of hydrogen-bond donors (Lipinski definition) is 1. The first kappa shape index (κ1) is 15.7. The molecule has 1 aromatic rings. The number of nitrogens with two attached hydrogens (primary N) is 1. The van der Waals surface area contributed by atoms with Crippen LogP contribution in [-0.2, 0) is 6.54 Å². The molecule has 0 amide bonds. The van der Waals surface area contributed by atoms with Crippen molar-refractivity contribution < 1.29 is 9.66 Å². The molecule has 0 heterocycles. The minimum absolute atomic E-state index is 0.0223. The van der Waals surface area contributed by atoms with Crippen LogP contribution in [0, 0.1) is 10.1 Å². The predicted octanol–water partition coefficient (Wildman–Crippen LogP) is 2.31. The summed E-state index contributed by atoms with van der Waals surface area (Å²) in [6, 6.07) is 5.99. The van der Waals surface area contributed by atoms with E-state index in [2.05, 4.69) is 11.9 Å². The van der Waals surface area contributed by atoms with Gasteiger partial charge in [-0.2, -0.15) is 0 Å². The summed E-state index contributed by atoms with van der Waals surface area (Å²) in [5, 5.41) is 11.1. The number of methoxy groups -OCH3 is 1. The summed E-state index contributed by atoms with van der Waals surface area (Å²) < 4.78 is 5.03. The van der Waals surface area contributed by atoms with Crippen molar-refractivity contribution in [2.75, 3.05) is 14.2 Å². The molecule has 0 bridgehead atoms. The van der Waals surface area contributed by atoms with Gasteiger partial charge in [-0.15, -0.1) is 0 Å². The summed E-state index contributed by atoms with van der Waals surface area (Å²) >= 11 is 0. The zero-order valence-electron chi connectivity index (χ0n) is 12.6. The lowest BCUT2D eigenvalue weighted by Crippen LogP contribution is -2.38. The summed E-state index contributed by atoms with van der Waals surface area (Å²) in [6.45, 7) is 0.699. The molecule has 0 aromatic heterocycles. The topological polar surface area (TPSA) is 81.6 Å². The van der Waals surface area contributed by atoms with Crippen molar-refractivity contribution >= 4 is 5.69 Å². The number of ether oxygens (including phenoxy) is 1. The van der Waals surface area contributed by atoms with E-state index in [4.69, 9.17) is 10.5 Å². The van der Waals surface area contributed by atoms with E-state index in [1.54, 1.807) is 12.1 Å². The average molecular weight is 293 g/mol. The van der Waals surface area contributed by atoms with Gasteiger partial charge in [0.25, 0.3) is 0 Å². The van der Waals surface area contributed by atoms with E-state index in [9.17, 15) is 10.1 Å². The first-order valence-electron chi connectivity index (χ1n) is 7.28. The van der Waals surface area contributed by atoms with Crippen LogP contribution in [-0.4, -0.2) is 36.1 Å². The van der Waals surface area contributed by atoms with E-state index in [1.807, 2.05) is 6.07 Å². The van der Waals surface area contributed by atoms with Crippen molar-refractivity contribution in [3.05, 3.63) is 33.9 Å². The van der Waals surface area contributed by atoms with Crippen LogP contribution in [0.25, 0.3) is 0 Å². The van der Waals surface area contributed by atoms with Gasteiger partial charge < -0.3 is 10.5 Å². The van der Waals surface area contributed by atoms with Crippen LogP contribution in [0.5, 0.6) is 5.75 Å². The first-order chi connectivity index (χ1) is 10.0. The number of nitro groups is 1. The summed E-state index contributed by atoms with van der Waals surface area (Å²) in [7, 11) is 3.51. The molecule has 2 rings (SSSR count). The second-order valence-corrected chi connectivity index (χ2v) is 5.75. The van der Waals surface area contributed by atoms with Crippen LogP contribution in [0.4, 0.5) is 5.69 Å². The van der Waals surface area contributed by atoms with E-state index >= 15 is 0 Å². The van der Waals surface area contributed by atoms with Crippen molar-refractivity contribution in [3.8, 4) is 5.75 Å². The Labute approximate surface area is 125 Å². The Hall–Kier alpha value is -1.66. The highest BCUT2D eigenvalue weighted by Gasteiger charge is 2.23. The maximum Gasteiger partial charge on any atom is 0.311 e. The van der Waals surface area contributed by atoms with Crippen molar-refractivity contribution in [3.63, 3.8) is 0 Å². The van der Waals surface area contributed by atoms with Gasteiger partial charge in [0.15, 0.2) is 5.75 Å². The molecule has 1 aliphatic rings. The SMILES string of the molecule is COc1ccc(CN(C)C2CCC(N)CC2)cc1[N+](=O)[O-]. The minimum Gasteiger partial charge on any atom is -0.490 e. The van der Waals surface area contributed by atoms with E-state index in [1.165, 1.54) is 7.11 Å². The van der Waals surface area contributed by atoms with Gasteiger partial charge in [-0.25, -0.2) is 0 Å². The molecule has 116 valence electrons. The van der Waals surface area contributed by atoms with Gasteiger partial charge in [0, 0.05) is 24.7 Å². The number of rotatable bonds is 5. The molecular weight excluding hydrogens is 270 g/mol. The van der Waals surface area contributed by atoms with Crippen LogP contribution in [0.15, 0.2) is 18.2 Å². The zero-order valence-corrected chi connectivity index (χ0v) is 12.6. The van der Waals surface area contributed by atoms with Gasteiger partial charge in [-0.1, -0.05) is 6.07 Å². The van der Waals surface area contributed by atoms with Crippen LogP contribution < -0.4 is 10.5 Å². The van der Waals surface area contributed by atoms with Crippen LogP contribution in [0.3, 0.4) is 0 Å². The molecule has 0 saturated heterocycles. The van der Waals surface area contributed by atoms with Gasteiger partial charge in [-0.05, 0) is 44.4 Å². The Morgan fingerprint density at radius 2 is 2.05 bits per heavy atom. The number of hydrogen-bond acceptors (Lipinski definition) is 5. The van der Waals surface area contributed by atoms with E-state index < -0.39 is 4.92 Å². The fourth-order valence-corrected chi connectivity index (χ4v) is 2.94. The number of benzene rings is 1. The molecule has 21 heavy (non-hydrogen) atoms. The third-order valence-electron chi connectivity index (χ3n) is 4.24. The van der Waals surface area contributed by atoms with Gasteiger partial charge in [0.2, 0.25) is 0 Å². The van der Waals surface area contributed by atoms with Crippen molar-refractivity contribution in [1.29, 1.82) is 0 Å². The standard InChI is InChI=1S/C15H23N3O3/c1-17(13-6-4-12(16)5-7-13)10-11-3-8-15(21-2)14(9-11)18(19)20/h3,8-9,12-13H,4-7,10,16H2,1-2H3. The summed E-state index contributed by atoms with van der Waals surface area (Å²) in [5.41, 5.74) is 6.88. The molecule has 0 unspecified atom stereocenters. The highest BCUT2D eigenvalue weighted by molar-refractivity contribution is 5.48. The van der Waals surface area contributed by atoms with Gasteiger partial charge in [-0.3, -0.25) is 15.0 Å². The maximum atomic E-state index is 11.1. The lowest BCUT2D eigenvalue weighted by molar-refractivity contribution is -0.385. The van der Waals surface area contributed by atoms with Crippen LogP contribution >= 0.6 is 0 Å². The molecular formula is C15H23N3O3. The zero-order chi connectivity index (χ0) is 15.4. The third kappa shape index (κ3) is 3.92. The Kier molecular flexibility index (Phi) is 5.14. The quantitative estimate of drug-likeness (QED) is 0.665. The molecule has 1 aromatic carbocycles. The van der Waals surface area contributed by atoms with Gasteiger partial charge in [0.05, 0.1) is 12.0 Å². The van der Waals surface area contributed by atoms with Crippen molar-refractivity contribution in [2.45, 2.75) is 44.3 Å². The molecule has 0 spiro atoms. The molecule has 1 aliphatic carbocycles. The minimum atomic E-state index is -0.401. The second-order valence-electron chi connectivity index (χ2n) is 5.75. The monoisotopic (exact) mass is 293 g/mol. The second kappa shape index (κ2) is 6.87. The summed E-state index contributed by atoms with van der Waals surface area (Å²) in [5.74, 6) is 0.301. The Morgan fingerprint density at radius 3 is 2.62 bits per heavy atom. The smallest absolute Gasteiger partial charge is 0.311 e. The summed E-state index contributed by atoms with van der Waals surface area (Å²) in [4.78, 5) is 12.9. The number of nitro benzene ring substituents is 1. The van der Waals surface area contributed by atoms with Crippen LogP contribution in [0.2, 0.25) is 0 Å². The molecule has 6 heteroatoms. The van der Waals surface area contributed by atoms with E-state index in [0.29, 0.717) is 24.4 Å². The van der Waals surface area contributed by atoms with Gasteiger partial charge in [0.1, 0.15) is 0 Å². The van der Waals surface area contributed by atoms with E-state index in [-0.39, 0.29) is 5.69 Å². The fourth-order valence-electron chi connectivity index (χ4n) is 2.94. The third-order valence-corrected chi connectivity index (χ3v) is 4.24. The Bertz CT molecular complexity index is 499. The van der Waals surface area contributed by atoms with Gasteiger partial charge >= 0.3 is 5.69 Å². The number of nitrogens with zero attached hydrogens (tertiary/aromatic N) is 2. The average Bonchev–Trinajstić information content (AvgIpc) is 2.47. The maximum absolute atomic E-state index is 11.1. The highest BCUT2D eigenvalue weighted by atomic mass is 16.6. The Morgan fingerprint density at radius 1 is 1.38 bits per heavy atom. The lowest BCUT2D eigenvalue weighted by atomic mass is 9.91. The highest BCUT2D eigenvalue weighted by Crippen LogP contribution is 2.29. The first-order valence-corrected chi connectivity index (χ1v) is 7.28. The molecule has 0 radical (unpaired) electrons. The Balaban J connectivity index is 2.05. The summed E-state index contributed by atoms with van der Waals surface area (Å²) in [6.07, 6.45) is 4.29. The fraction of sp³-hybridized carbons (Fsp3) is 0.600. The molecule has 1 fully saturated rings. The molecule has 1 saturated carbocycles.